The number of aliphatic hydroxyl groups excluding tert-OH is 1. The van der Waals surface area contributed by atoms with E-state index in [1.54, 1.807) is 11.8 Å². The van der Waals surface area contributed by atoms with Crippen molar-refractivity contribution in [2.45, 2.75) is 19.0 Å². The first kappa shape index (κ1) is 8.34. The molecular weight excluding hydrogens is 151 g/mol. The standard InChI is InChI=1S/C7H13FOS/c8-7-2-4-10-3-1-6(7)5-9/h6-7,9H,1-5H2/t6-,7-/m1/s1. The van der Waals surface area contributed by atoms with Gasteiger partial charge >= 0.3 is 0 Å². The number of alkyl halides is 1. The molecule has 1 heterocycles. The van der Waals surface area contributed by atoms with Crippen LogP contribution in [0.4, 0.5) is 4.39 Å². The summed E-state index contributed by atoms with van der Waals surface area (Å²) in [5.41, 5.74) is 0. The first-order chi connectivity index (χ1) is 4.84. The molecule has 0 bridgehead atoms. The third kappa shape index (κ3) is 2.13. The first-order valence-electron chi connectivity index (χ1n) is 3.67. The highest BCUT2D eigenvalue weighted by Gasteiger charge is 2.22. The number of rotatable bonds is 1. The molecule has 0 unspecified atom stereocenters. The highest BCUT2D eigenvalue weighted by Crippen LogP contribution is 2.24. The molecule has 0 radical (unpaired) electrons. The van der Waals surface area contributed by atoms with Crippen molar-refractivity contribution in [1.29, 1.82) is 0 Å². The van der Waals surface area contributed by atoms with Crippen LogP contribution in [0.25, 0.3) is 0 Å². The molecule has 1 saturated heterocycles. The highest BCUT2D eigenvalue weighted by molar-refractivity contribution is 7.99. The fraction of sp³-hybridized carbons (Fsp3) is 1.00. The van der Waals surface area contributed by atoms with Crippen molar-refractivity contribution in [3.63, 3.8) is 0 Å². The minimum absolute atomic E-state index is 0.0156. The van der Waals surface area contributed by atoms with Crippen molar-refractivity contribution in [2.75, 3.05) is 18.1 Å². The Morgan fingerprint density at radius 2 is 2.10 bits per heavy atom. The molecule has 0 aliphatic carbocycles. The van der Waals surface area contributed by atoms with E-state index in [0.29, 0.717) is 6.42 Å². The maximum atomic E-state index is 12.9. The van der Waals surface area contributed by atoms with Gasteiger partial charge in [-0.15, -0.1) is 0 Å². The molecule has 0 aromatic heterocycles. The molecule has 0 amide bonds. The van der Waals surface area contributed by atoms with E-state index in [2.05, 4.69) is 0 Å². The normalized spacial score (nSPS) is 35.4. The van der Waals surface area contributed by atoms with Crippen LogP contribution in [0.2, 0.25) is 0 Å². The summed E-state index contributed by atoms with van der Waals surface area (Å²) in [7, 11) is 0. The van der Waals surface area contributed by atoms with Crippen LogP contribution in [0, 0.1) is 5.92 Å². The van der Waals surface area contributed by atoms with Gasteiger partial charge in [0.05, 0.1) is 0 Å². The van der Waals surface area contributed by atoms with E-state index >= 15 is 0 Å². The van der Waals surface area contributed by atoms with Gasteiger partial charge in [0.15, 0.2) is 0 Å². The molecule has 3 heteroatoms. The van der Waals surface area contributed by atoms with Gasteiger partial charge in [0.25, 0.3) is 0 Å². The molecule has 0 spiro atoms. The van der Waals surface area contributed by atoms with Crippen LogP contribution >= 0.6 is 11.8 Å². The van der Waals surface area contributed by atoms with Crippen LogP contribution in [0.1, 0.15) is 12.8 Å². The summed E-state index contributed by atoms with van der Waals surface area (Å²) in [6.45, 7) is 0.0156. The number of aliphatic hydroxyl groups is 1. The van der Waals surface area contributed by atoms with E-state index in [-0.39, 0.29) is 12.5 Å². The van der Waals surface area contributed by atoms with Gasteiger partial charge in [-0.1, -0.05) is 0 Å². The molecule has 0 aromatic carbocycles. The van der Waals surface area contributed by atoms with E-state index in [9.17, 15) is 4.39 Å². The van der Waals surface area contributed by atoms with Crippen LogP contribution in [0.15, 0.2) is 0 Å². The number of hydrogen-bond acceptors (Lipinski definition) is 2. The van der Waals surface area contributed by atoms with Crippen LogP contribution in [-0.4, -0.2) is 29.4 Å². The number of halogens is 1. The van der Waals surface area contributed by atoms with Gasteiger partial charge in [-0.05, 0) is 24.3 Å². The Morgan fingerprint density at radius 1 is 1.40 bits per heavy atom. The molecule has 1 fully saturated rings. The minimum atomic E-state index is -0.764. The van der Waals surface area contributed by atoms with Crippen molar-refractivity contribution in [1.82, 2.24) is 0 Å². The number of thioether (sulfide) groups is 1. The van der Waals surface area contributed by atoms with Crippen LogP contribution < -0.4 is 0 Å². The Morgan fingerprint density at radius 3 is 2.80 bits per heavy atom. The third-order valence-corrected chi connectivity index (χ3v) is 2.97. The zero-order valence-electron chi connectivity index (χ0n) is 5.92. The molecule has 10 heavy (non-hydrogen) atoms. The molecule has 2 atom stereocenters. The molecule has 1 rings (SSSR count). The fourth-order valence-electron chi connectivity index (χ4n) is 1.15. The Balaban J connectivity index is 2.35. The predicted octanol–water partition coefficient (Wildman–Crippen LogP) is 1.46. The lowest BCUT2D eigenvalue weighted by Gasteiger charge is -2.13. The quantitative estimate of drug-likeness (QED) is 0.633. The second-order valence-electron chi connectivity index (χ2n) is 2.65. The number of hydrogen-bond donors (Lipinski definition) is 1. The molecule has 1 N–H and O–H groups in total. The SMILES string of the molecule is OC[C@H]1CCSCC[C@H]1F. The molecule has 1 aliphatic rings. The predicted molar refractivity (Wildman–Crippen MR) is 42.0 cm³/mol. The zero-order valence-corrected chi connectivity index (χ0v) is 6.74. The van der Waals surface area contributed by atoms with Gasteiger partial charge in [0.2, 0.25) is 0 Å². The Hall–Kier alpha value is 0.240. The summed E-state index contributed by atoms with van der Waals surface area (Å²) < 4.78 is 12.9. The van der Waals surface area contributed by atoms with E-state index < -0.39 is 6.17 Å². The minimum Gasteiger partial charge on any atom is -0.396 e. The fourth-order valence-corrected chi connectivity index (χ4v) is 2.22. The lowest BCUT2D eigenvalue weighted by molar-refractivity contribution is 0.136. The first-order valence-corrected chi connectivity index (χ1v) is 4.82. The summed E-state index contributed by atoms with van der Waals surface area (Å²) in [5, 5.41) is 8.74. The highest BCUT2D eigenvalue weighted by atomic mass is 32.2. The van der Waals surface area contributed by atoms with Gasteiger partial charge in [-0.2, -0.15) is 11.8 Å². The maximum Gasteiger partial charge on any atom is 0.106 e. The molecule has 0 aromatic rings. The van der Waals surface area contributed by atoms with Crippen molar-refractivity contribution in [3.8, 4) is 0 Å². The monoisotopic (exact) mass is 164 g/mol. The van der Waals surface area contributed by atoms with Gasteiger partial charge in [0, 0.05) is 12.5 Å². The Kier molecular flexibility index (Phi) is 3.49. The average Bonchev–Trinajstić information content (AvgIpc) is 2.13. The van der Waals surface area contributed by atoms with Gasteiger partial charge in [-0.3, -0.25) is 0 Å². The summed E-state index contributed by atoms with van der Waals surface area (Å²) in [6, 6.07) is 0. The summed E-state index contributed by atoms with van der Waals surface area (Å²) >= 11 is 1.79. The van der Waals surface area contributed by atoms with E-state index in [1.165, 1.54) is 0 Å². The van der Waals surface area contributed by atoms with Crippen LogP contribution in [-0.2, 0) is 0 Å². The van der Waals surface area contributed by atoms with Crippen LogP contribution in [0.5, 0.6) is 0 Å². The van der Waals surface area contributed by atoms with E-state index in [1.807, 2.05) is 0 Å². The summed E-state index contributed by atoms with van der Waals surface area (Å²) in [6.07, 6.45) is 0.693. The molecular formula is C7H13FOS. The van der Waals surface area contributed by atoms with Gasteiger partial charge < -0.3 is 5.11 Å². The smallest absolute Gasteiger partial charge is 0.106 e. The van der Waals surface area contributed by atoms with Crippen molar-refractivity contribution in [2.24, 2.45) is 5.92 Å². The van der Waals surface area contributed by atoms with Gasteiger partial charge in [-0.25, -0.2) is 4.39 Å². The second kappa shape index (κ2) is 4.19. The average molecular weight is 164 g/mol. The lowest BCUT2D eigenvalue weighted by atomic mass is 10.0. The van der Waals surface area contributed by atoms with Gasteiger partial charge in [0.1, 0.15) is 6.17 Å². The molecule has 60 valence electrons. The Bertz CT molecular complexity index is 99.6. The van der Waals surface area contributed by atoms with E-state index in [4.69, 9.17) is 5.11 Å². The maximum absolute atomic E-state index is 12.9. The topological polar surface area (TPSA) is 20.2 Å². The van der Waals surface area contributed by atoms with Crippen molar-refractivity contribution in [3.05, 3.63) is 0 Å². The molecule has 1 nitrogen and oxygen atoms in total. The van der Waals surface area contributed by atoms with Crippen LogP contribution in [0.3, 0.4) is 0 Å². The summed E-state index contributed by atoms with van der Waals surface area (Å²) in [5.74, 6) is 1.83. The van der Waals surface area contributed by atoms with Crippen molar-refractivity contribution < 1.29 is 9.50 Å². The van der Waals surface area contributed by atoms with Crippen molar-refractivity contribution >= 4 is 11.8 Å². The summed E-state index contributed by atoms with van der Waals surface area (Å²) in [4.78, 5) is 0. The van der Waals surface area contributed by atoms with E-state index in [0.717, 1.165) is 17.9 Å². The molecule has 1 aliphatic heterocycles. The zero-order chi connectivity index (χ0) is 7.40. The second-order valence-corrected chi connectivity index (χ2v) is 3.87. The lowest BCUT2D eigenvalue weighted by Crippen LogP contribution is -2.19. The molecule has 0 saturated carbocycles. The largest absolute Gasteiger partial charge is 0.396 e. The Labute approximate surface area is 65.0 Å². The third-order valence-electron chi connectivity index (χ3n) is 1.92.